The second-order valence-electron chi connectivity index (χ2n) is 9.66. The maximum atomic E-state index is 12.4. The predicted octanol–water partition coefficient (Wildman–Crippen LogP) is 6.84. The number of hydrogen-bond donors (Lipinski definition) is 1. The SMILES string of the molecule is Cc1cccc(NC(=O)COc2ccc([C@@H]3OC[C@@H](c4ccccc4)C[C@H]3C(C)C)cc2)c1C. The molecule has 1 N–H and O–H groups in total. The van der Waals surface area contributed by atoms with Gasteiger partial charge in [-0.2, -0.15) is 0 Å². The third-order valence-corrected chi connectivity index (χ3v) is 7.01. The Morgan fingerprint density at radius 1 is 0.971 bits per heavy atom. The largest absolute Gasteiger partial charge is 0.484 e. The van der Waals surface area contributed by atoms with Crippen LogP contribution in [-0.2, 0) is 9.53 Å². The summed E-state index contributed by atoms with van der Waals surface area (Å²) < 4.78 is 12.2. The van der Waals surface area contributed by atoms with E-state index in [0.717, 1.165) is 35.4 Å². The van der Waals surface area contributed by atoms with Crippen LogP contribution in [0.5, 0.6) is 5.75 Å². The van der Waals surface area contributed by atoms with Crippen molar-refractivity contribution in [2.24, 2.45) is 11.8 Å². The number of amides is 1. The number of anilines is 1. The van der Waals surface area contributed by atoms with Crippen molar-refractivity contribution in [1.82, 2.24) is 0 Å². The van der Waals surface area contributed by atoms with Gasteiger partial charge < -0.3 is 14.8 Å². The van der Waals surface area contributed by atoms with Gasteiger partial charge in [0.05, 0.1) is 12.7 Å². The summed E-state index contributed by atoms with van der Waals surface area (Å²) in [5, 5.41) is 2.94. The molecule has 1 saturated heterocycles. The Hall–Kier alpha value is -3.11. The quantitative estimate of drug-likeness (QED) is 0.423. The van der Waals surface area contributed by atoms with Gasteiger partial charge in [-0.1, -0.05) is 68.4 Å². The van der Waals surface area contributed by atoms with Crippen LogP contribution in [0, 0.1) is 25.7 Å². The van der Waals surface area contributed by atoms with Gasteiger partial charge in [-0.15, -0.1) is 0 Å². The van der Waals surface area contributed by atoms with E-state index in [9.17, 15) is 4.79 Å². The number of carbonyl (C=O) groups excluding carboxylic acids is 1. The first-order valence-corrected chi connectivity index (χ1v) is 12.2. The number of hydrogen-bond acceptors (Lipinski definition) is 3. The zero-order valence-corrected chi connectivity index (χ0v) is 20.6. The number of aryl methyl sites for hydroxylation is 1. The highest BCUT2D eigenvalue weighted by molar-refractivity contribution is 5.92. The van der Waals surface area contributed by atoms with Crippen molar-refractivity contribution in [3.63, 3.8) is 0 Å². The Labute approximate surface area is 203 Å². The summed E-state index contributed by atoms with van der Waals surface area (Å²) in [6.45, 7) is 9.30. The van der Waals surface area contributed by atoms with E-state index in [0.29, 0.717) is 23.5 Å². The Balaban J connectivity index is 1.36. The average Bonchev–Trinajstić information content (AvgIpc) is 2.86. The van der Waals surface area contributed by atoms with E-state index in [1.165, 1.54) is 5.56 Å². The molecule has 4 rings (SSSR count). The summed E-state index contributed by atoms with van der Waals surface area (Å²) >= 11 is 0. The summed E-state index contributed by atoms with van der Waals surface area (Å²) in [7, 11) is 0. The summed E-state index contributed by atoms with van der Waals surface area (Å²) in [6.07, 6.45) is 1.19. The summed E-state index contributed by atoms with van der Waals surface area (Å²) in [4.78, 5) is 12.4. The van der Waals surface area contributed by atoms with Crippen LogP contribution in [-0.4, -0.2) is 19.1 Å². The van der Waals surface area contributed by atoms with Gasteiger partial charge in [0.1, 0.15) is 5.75 Å². The fourth-order valence-electron chi connectivity index (χ4n) is 4.76. The van der Waals surface area contributed by atoms with Crippen LogP contribution in [0.4, 0.5) is 5.69 Å². The minimum Gasteiger partial charge on any atom is -0.484 e. The molecule has 0 radical (unpaired) electrons. The molecule has 0 saturated carbocycles. The van der Waals surface area contributed by atoms with E-state index in [1.54, 1.807) is 0 Å². The number of ether oxygens (including phenoxy) is 2. The van der Waals surface area contributed by atoms with Gasteiger partial charge in [0.2, 0.25) is 0 Å². The molecule has 1 heterocycles. The molecule has 1 aliphatic heterocycles. The molecule has 1 aliphatic rings. The highest BCUT2D eigenvalue weighted by atomic mass is 16.5. The molecule has 1 fully saturated rings. The van der Waals surface area contributed by atoms with Crippen molar-refractivity contribution in [2.45, 2.75) is 46.1 Å². The lowest BCUT2D eigenvalue weighted by atomic mass is 9.76. The predicted molar refractivity (Wildman–Crippen MR) is 137 cm³/mol. The Kier molecular flexibility index (Phi) is 7.69. The molecule has 0 spiro atoms. The fourth-order valence-corrected chi connectivity index (χ4v) is 4.76. The smallest absolute Gasteiger partial charge is 0.262 e. The lowest BCUT2D eigenvalue weighted by Crippen LogP contribution is -2.31. The van der Waals surface area contributed by atoms with E-state index < -0.39 is 0 Å². The Bertz CT molecular complexity index is 1090. The number of benzene rings is 3. The van der Waals surface area contributed by atoms with Crippen molar-refractivity contribution in [3.8, 4) is 5.75 Å². The number of carbonyl (C=O) groups is 1. The first-order valence-electron chi connectivity index (χ1n) is 12.2. The zero-order valence-electron chi connectivity index (χ0n) is 20.6. The van der Waals surface area contributed by atoms with Crippen molar-refractivity contribution < 1.29 is 14.3 Å². The van der Waals surface area contributed by atoms with Crippen LogP contribution in [0.25, 0.3) is 0 Å². The summed E-state index contributed by atoms with van der Waals surface area (Å²) in [5.74, 6) is 1.90. The molecule has 3 aromatic carbocycles. The van der Waals surface area contributed by atoms with Gasteiger partial charge in [-0.05, 0) is 72.6 Å². The summed E-state index contributed by atoms with van der Waals surface area (Å²) in [5.41, 5.74) is 5.56. The van der Waals surface area contributed by atoms with Gasteiger partial charge in [0.25, 0.3) is 5.91 Å². The lowest BCUT2D eigenvalue weighted by Gasteiger charge is -2.39. The van der Waals surface area contributed by atoms with Crippen LogP contribution in [0.3, 0.4) is 0 Å². The molecule has 0 bridgehead atoms. The first-order chi connectivity index (χ1) is 16.4. The van der Waals surface area contributed by atoms with Crippen LogP contribution < -0.4 is 10.1 Å². The molecule has 1 amide bonds. The Morgan fingerprint density at radius 3 is 2.41 bits per heavy atom. The number of nitrogens with one attached hydrogen (secondary N) is 1. The highest BCUT2D eigenvalue weighted by Crippen LogP contribution is 2.43. The van der Waals surface area contributed by atoms with Crippen molar-refractivity contribution >= 4 is 11.6 Å². The van der Waals surface area contributed by atoms with E-state index in [1.807, 2.05) is 44.2 Å². The third-order valence-electron chi connectivity index (χ3n) is 7.01. The van der Waals surface area contributed by atoms with Crippen LogP contribution in [0.1, 0.15) is 54.5 Å². The highest BCUT2D eigenvalue weighted by Gasteiger charge is 2.34. The fraction of sp³-hybridized carbons (Fsp3) is 0.367. The molecule has 4 heteroatoms. The zero-order chi connectivity index (χ0) is 24.1. The molecular formula is C30H35NO3. The van der Waals surface area contributed by atoms with Gasteiger partial charge in [0.15, 0.2) is 6.61 Å². The topological polar surface area (TPSA) is 47.6 Å². The molecule has 3 aromatic rings. The first kappa shape index (κ1) is 24.0. The molecule has 3 atom stereocenters. The second kappa shape index (κ2) is 10.9. The van der Waals surface area contributed by atoms with E-state index >= 15 is 0 Å². The summed E-state index contributed by atoms with van der Waals surface area (Å²) in [6, 6.07) is 24.6. The Morgan fingerprint density at radius 2 is 1.71 bits per heavy atom. The van der Waals surface area contributed by atoms with Gasteiger partial charge in [-0.3, -0.25) is 4.79 Å². The minimum atomic E-state index is -0.166. The normalized spacial score (nSPS) is 20.2. The van der Waals surface area contributed by atoms with E-state index in [4.69, 9.17) is 9.47 Å². The van der Waals surface area contributed by atoms with Crippen molar-refractivity contribution in [1.29, 1.82) is 0 Å². The molecule has 178 valence electrons. The van der Waals surface area contributed by atoms with Gasteiger partial charge in [-0.25, -0.2) is 0 Å². The molecular weight excluding hydrogens is 422 g/mol. The van der Waals surface area contributed by atoms with E-state index in [2.05, 4.69) is 61.6 Å². The number of rotatable bonds is 7. The maximum absolute atomic E-state index is 12.4. The monoisotopic (exact) mass is 457 g/mol. The molecule has 4 nitrogen and oxygen atoms in total. The molecule has 0 aliphatic carbocycles. The van der Waals surface area contributed by atoms with Crippen LogP contribution >= 0.6 is 0 Å². The average molecular weight is 458 g/mol. The van der Waals surface area contributed by atoms with Crippen LogP contribution in [0.2, 0.25) is 0 Å². The minimum absolute atomic E-state index is 0.0277. The van der Waals surface area contributed by atoms with Crippen molar-refractivity contribution in [3.05, 3.63) is 95.1 Å². The third kappa shape index (κ3) is 5.68. The molecule has 0 unspecified atom stereocenters. The van der Waals surface area contributed by atoms with Crippen molar-refractivity contribution in [2.75, 3.05) is 18.5 Å². The van der Waals surface area contributed by atoms with Gasteiger partial charge >= 0.3 is 0 Å². The lowest BCUT2D eigenvalue weighted by molar-refractivity contribution is -0.118. The molecule has 34 heavy (non-hydrogen) atoms. The van der Waals surface area contributed by atoms with Crippen LogP contribution in [0.15, 0.2) is 72.8 Å². The maximum Gasteiger partial charge on any atom is 0.262 e. The van der Waals surface area contributed by atoms with Gasteiger partial charge in [0, 0.05) is 11.6 Å². The second-order valence-corrected chi connectivity index (χ2v) is 9.66. The van der Waals surface area contributed by atoms with E-state index in [-0.39, 0.29) is 18.6 Å². The molecule has 0 aromatic heterocycles. The standard InChI is InChI=1S/C30H35NO3/c1-20(2)27-17-25(23-10-6-5-7-11-23)18-34-30(27)24-13-15-26(16-14-24)33-19-29(32)31-28-12-8-9-21(3)22(28)4/h5-16,20,25,27,30H,17-19H2,1-4H3,(H,31,32)/t25-,27-,30-/m0/s1.